The number of aromatic amines is 1. The van der Waals surface area contributed by atoms with E-state index in [1.165, 1.54) is 19.2 Å². The smallest absolute Gasteiger partial charge is 0.411 e. The quantitative estimate of drug-likeness (QED) is 0.245. The summed E-state index contributed by atoms with van der Waals surface area (Å²) in [6.07, 6.45) is 3.32. The van der Waals surface area contributed by atoms with Crippen molar-refractivity contribution >= 4 is 38.6 Å². The minimum atomic E-state index is -4.27. The molecule has 1 fully saturated rings. The molecule has 0 bridgehead atoms. The number of carbonyl (C=O) groups is 2. The lowest BCUT2D eigenvalue weighted by atomic mass is 10.1. The van der Waals surface area contributed by atoms with Gasteiger partial charge in [-0.3, -0.25) is 10.1 Å². The van der Waals surface area contributed by atoms with E-state index in [0.717, 1.165) is 40.9 Å². The number of methoxy groups -OCH3 is 1. The molecule has 214 valence electrons. The van der Waals surface area contributed by atoms with Crippen molar-refractivity contribution in [3.8, 4) is 5.75 Å². The van der Waals surface area contributed by atoms with Gasteiger partial charge in [-0.2, -0.15) is 0 Å². The number of anilines is 1. The van der Waals surface area contributed by atoms with Gasteiger partial charge in [0.15, 0.2) is 0 Å². The minimum absolute atomic E-state index is 0.0477. The second-order valence-corrected chi connectivity index (χ2v) is 12.0. The number of nitrogens with one attached hydrogen (secondary N) is 2. The molecule has 10 heteroatoms. The average molecular weight is 576 g/mol. The summed E-state index contributed by atoms with van der Waals surface area (Å²) < 4.78 is 39.8. The van der Waals surface area contributed by atoms with Crippen molar-refractivity contribution in [1.29, 1.82) is 0 Å². The first-order chi connectivity index (χ1) is 19.7. The molecule has 4 aromatic rings. The second-order valence-electron chi connectivity index (χ2n) is 10.2. The molecular weight excluding hydrogens is 542 g/mol. The van der Waals surface area contributed by atoms with Crippen LogP contribution in [0.2, 0.25) is 0 Å². The molecule has 0 radical (unpaired) electrons. The molecule has 5 rings (SSSR count). The monoisotopic (exact) mass is 575 g/mol. The number of fused-ring (bicyclic) bond motifs is 1. The van der Waals surface area contributed by atoms with Gasteiger partial charge in [-0.1, -0.05) is 24.3 Å². The zero-order valence-corrected chi connectivity index (χ0v) is 24.0. The predicted octanol–water partition coefficient (Wildman–Crippen LogP) is 6.57. The summed E-state index contributed by atoms with van der Waals surface area (Å²) in [6, 6.07) is 19.2. The molecule has 0 saturated heterocycles. The van der Waals surface area contributed by atoms with Gasteiger partial charge < -0.3 is 14.5 Å². The molecule has 2 N–H and O–H groups in total. The topological polar surface area (TPSA) is 118 Å². The molecule has 1 unspecified atom stereocenters. The van der Waals surface area contributed by atoms with E-state index in [4.69, 9.17) is 9.47 Å². The molecule has 1 aliphatic rings. The Balaban J connectivity index is 1.49. The molecule has 1 aromatic heterocycles. The molecule has 9 nitrogen and oxygen atoms in total. The standard InChI is InChI=1S/C31H33N3O6S/c1-20-9-4-7-14-29(20)41(37,38)34(30(35)22-10-8-13-26(18-22)39-3)21(2)28-19-23-17-24(15-16-27(23)33-28)32-31(36)40-25-11-5-6-12-25/h4,7-10,13-19,21,25,33H,5-6,11-12H2,1-3H3,(H,32,36). The summed E-state index contributed by atoms with van der Waals surface area (Å²) in [5, 5.41) is 3.52. The third kappa shape index (κ3) is 5.92. The van der Waals surface area contributed by atoms with Gasteiger partial charge in [0.2, 0.25) is 0 Å². The van der Waals surface area contributed by atoms with Crippen LogP contribution in [-0.4, -0.2) is 42.9 Å². The van der Waals surface area contributed by atoms with Crippen LogP contribution in [0, 0.1) is 6.92 Å². The number of aryl methyl sites for hydroxylation is 1. The first kappa shape index (κ1) is 28.2. The predicted molar refractivity (Wildman–Crippen MR) is 157 cm³/mol. The SMILES string of the molecule is COc1cccc(C(=O)N(C(C)c2cc3cc(NC(=O)OC4CCCC4)ccc3[nH]2)S(=O)(=O)c2ccccc2C)c1. The van der Waals surface area contributed by atoms with E-state index in [9.17, 15) is 18.0 Å². The van der Waals surface area contributed by atoms with Crippen molar-refractivity contribution in [2.45, 2.75) is 56.6 Å². The van der Waals surface area contributed by atoms with Gasteiger partial charge in [-0.25, -0.2) is 17.5 Å². The number of H-pyrrole nitrogens is 1. The van der Waals surface area contributed by atoms with Gasteiger partial charge in [-0.05, 0) is 93.6 Å². The number of hydrogen-bond donors (Lipinski definition) is 2. The molecule has 0 spiro atoms. The molecule has 1 heterocycles. The number of amides is 2. The van der Waals surface area contributed by atoms with Gasteiger partial charge in [0.25, 0.3) is 15.9 Å². The van der Waals surface area contributed by atoms with Crippen LogP contribution >= 0.6 is 0 Å². The molecule has 3 aromatic carbocycles. The summed E-state index contributed by atoms with van der Waals surface area (Å²) >= 11 is 0. The van der Waals surface area contributed by atoms with Crippen molar-refractivity contribution in [2.24, 2.45) is 0 Å². The highest BCUT2D eigenvalue weighted by Gasteiger charge is 2.36. The van der Waals surface area contributed by atoms with Gasteiger partial charge in [-0.15, -0.1) is 0 Å². The first-order valence-corrected chi connectivity index (χ1v) is 15.0. The lowest BCUT2D eigenvalue weighted by Crippen LogP contribution is -2.39. The Morgan fingerprint density at radius 2 is 1.76 bits per heavy atom. The normalized spacial score (nSPS) is 14.5. The van der Waals surface area contributed by atoms with Crippen LogP contribution in [-0.2, 0) is 14.8 Å². The lowest BCUT2D eigenvalue weighted by molar-refractivity contribution is 0.0825. The number of nitrogens with zero attached hydrogens (tertiary/aromatic N) is 1. The zero-order chi connectivity index (χ0) is 29.1. The summed E-state index contributed by atoms with van der Waals surface area (Å²) in [6.45, 7) is 3.36. The highest BCUT2D eigenvalue weighted by molar-refractivity contribution is 7.89. The van der Waals surface area contributed by atoms with Crippen molar-refractivity contribution in [3.05, 3.63) is 89.6 Å². The number of carbonyl (C=O) groups excluding carboxylic acids is 2. The third-order valence-corrected chi connectivity index (χ3v) is 9.43. The maximum atomic E-state index is 14.1. The maximum absolute atomic E-state index is 14.1. The van der Waals surface area contributed by atoms with Crippen LogP contribution in [0.15, 0.2) is 77.7 Å². The molecule has 1 saturated carbocycles. The fraction of sp³-hybridized carbons (Fsp3) is 0.290. The van der Waals surface area contributed by atoms with Crippen molar-refractivity contribution in [2.75, 3.05) is 12.4 Å². The maximum Gasteiger partial charge on any atom is 0.411 e. The summed E-state index contributed by atoms with van der Waals surface area (Å²) in [4.78, 5) is 29.6. The Morgan fingerprint density at radius 1 is 1.00 bits per heavy atom. The lowest BCUT2D eigenvalue weighted by Gasteiger charge is -2.29. The Morgan fingerprint density at radius 3 is 2.49 bits per heavy atom. The molecule has 1 aliphatic carbocycles. The van der Waals surface area contributed by atoms with Crippen LogP contribution < -0.4 is 10.1 Å². The average Bonchev–Trinajstić information content (AvgIpc) is 3.62. The zero-order valence-electron chi connectivity index (χ0n) is 23.2. The molecule has 2 amide bonds. The molecule has 1 atom stereocenters. The molecular formula is C31H33N3O6S. The Hall–Kier alpha value is -4.31. The highest BCUT2D eigenvalue weighted by atomic mass is 32.2. The fourth-order valence-electron chi connectivity index (χ4n) is 5.22. The van der Waals surface area contributed by atoms with Crippen molar-refractivity contribution < 1.29 is 27.5 Å². The van der Waals surface area contributed by atoms with Gasteiger partial charge in [0.1, 0.15) is 11.9 Å². The number of benzene rings is 3. The molecule has 0 aliphatic heterocycles. The van der Waals surface area contributed by atoms with E-state index in [1.54, 1.807) is 74.5 Å². The Kier molecular flexibility index (Phi) is 8.03. The van der Waals surface area contributed by atoms with Gasteiger partial charge in [0, 0.05) is 27.8 Å². The second kappa shape index (κ2) is 11.7. The van der Waals surface area contributed by atoms with E-state index < -0.39 is 28.1 Å². The number of aromatic nitrogens is 1. The summed E-state index contributed by atoms with van der Waals surface area (Å²) in [5.41, 5.74) is 2.50. The van der Waals surface area contributed by atoms with Crippen LogP contribution in [0.4, 0.5) is 10.5 Å². The molecule has 41 heavy (non-hydrogen) atoms. The number of rotatable bonds is 8. The van der Waals surface area contributed by atoms with Crippen LogP contribution in [0.3, 0.4) is 0 Å². The van der Waals surface area contributed by atoms with E-state index in [-0.39, 0.29) is 16.6 Å². The fourth-order valence-corrected chi connectivity index (χ4v) is 7.01. The van der Waals surface area contributed by atoms with Crippen molar-refractivity contribution in [1.82, 2.24) is 9.29 Å². The van der Waals surface area contributed by atoms with Crippen LogP contribution in [0.1, 0.15) is 60.3 Å². The Bertz CT molecular complexity index is 1690. The van der Waals surface area contributed by atoms with E-state index in [2.05, 4.69) is 10.3 Å². The van der Waals surface area contributed by atoms with Gasteiger partial charge >= 0.3 is 6.09 Å². The summed E-state index contributed by atoms with van der Waals surface area (Å²) in [5.74, 6) is -0.246. The first-order valence-electron chi connectivity index (χ1n) is 13.6. The van der Waals surface area contributed by atoms with E-state index in [1.807, 2.05) is 0 Å². The third-order valence-electron chi connectivity index (χ3n) is 7.41. The van der Waals surface area contributed by atoms with Crippen LogP contribution in [0.5, 0.6) is 5.75 Å². The summed E-state index contributed by atoms with van der Waals surface area (Å²) in [7, 11) is -2.79. The van der Waals surface area contributed by atoms with Crippen LogP contribution in [0.25, 0.3) is 10.9 Å². The van der Waals surface area contributed by atoms with Crippen molar-refractivity contribution in [3.63, 3.8) is 0 Å². The van der Waals surface area contributed by atoms with E-state index in [0.29, 0.717) is 22.7 Å². The number of sulfonamides is 1. The van der Waals surface area contributed by atoms with E-state index >= 15 is 0 Å². The number of hydrogen-bond acceptors (Lipinski definition) is 6. The van der Waals surface area contributed by atoms with Gasteiger partial charge in [0.05, 0.1) is 18.0 Å². The number of ether oxygens (including phenoxy) is 2. The minimum Gasteiger partial charge on any atom is -0.497 e. The largest absolute Gasteiger partial charge is 0.497 e. The Labute approximate surface area is 239 Å². The highest BCUT2D eigenvalue weighted by Crippen LogP contribution is 2.33.